The van der Waals surface area contributed by atoms with Crippen molar-refractivity contribution in [2.45, 2.75) is 31.7 Å². The lowest BCUT2D eigenvalue weighted by Crippen LogP contribution is -2.31. The number of nitrogens with one attached hydrogen (secondary N) is 1. The lowest BCUT2D eigenvalue weighted by atomic mass is 9.95. The molecule has 3 aromatic rings. The van der Waals surface area contributed by atoms with Crippen LogP contribution in [0.25, 0.3) is 0 Å². The zero-order chi connectivity index (χ0) is 20.4. The maximum absolute atomic E-state index is 13.3. The van der Waals surface area contributed by atoms with Crippen LogP contribution < -0.4 is 14.8 Å². The summed E-state index contributed by atoms with van der Waals surface area (Å²) in [5.41, 5.74) is 2.85. The van der Waals surface area contributed by atoms with Crippen molar-refractivity contribution in [3.05, 3.63) is 63.4 Å². The van der Waals surface area contributed by atoms with Gasteiger partial charge in [-0.05, 0) is 48.9 Å². The Hall–Kier alpha value is -2.80. The molecule has 0 bridgehead atoms. The molecule has 1 atom stereocenters. The van der Waals surface area contributed by atoms with Crippen LogP contribution in [-0.2, 0) is 19.9 Å². The molecule has 2 aromatic heterocycles. The molecule has 29 heavy (non-hydrogen) atoms. The number of aryl methyl sites for hydroxylation is 2. The second-order valence-electron chi connectivity index (χ2n) is 7.21. The molecule has 1 amide bonds. The number of ether oxygens (including phenoxy) is 2. The van der Waals surface area contributed by atoms with Crippen molar-refractivity contribution in [1.82, 2.24) is 14.9 Å². The summed E-state index contributed by atoms with van der Waals surface area (Å²) in [5.74, 6) is 2.01. The molecule has 6 nitrogen and oxygen atoms in total. The second-order valence-corrected chi connectivity index (χ2v) is 8.17. The summed E-state index contributed by atoms with van der Waals surface area (Å²) in [6.07, 6.45) is 8.00. The highest BCUT2D eigenvalue weighted by molar-refractivity contribution is 7.10. The molecular weight excluding hydrogens is 386 g/mol. The Balaban J connectivity index is 1.72. The largest absolute Gasteiger partial charge is 0.497 e. The number of imidazole rings is 1. The number of amides is 1. The van der Waals surface area contributed by atoms with Gasteiger partial charge in [0.25, 0.3) is 5.91 Å². The molecule has 7 heteroatoms. The van der Waals surface area contributed by atoms with Gasteiger partial charge < -0.3 is 19.4 Å². The van der Waals surface area contributed by atoms with Gasteiger partial charge in [-0.3, -0.25) is 4.79 Å². The number of rotatable bonds is 6. The molecule has 1 aromatic carbocycles. The van der Waals surface area contributed by atoms with Gasteiger partial charge in [-0.2, -0.15) is 0 Å². The topological polar surface area (TPSA) is 65.4 Å². The number of methoxy groups -OCH3 is 2. The third-order valence-electron chi connectivity index (χ3n) is 5.41. The minimum atomic E-state index is -0.425. The van der Waals surface area contributed by atoms with Crippen LogP contribution in [0.4, 0.5) is 0 Å². The van der Waals surface area contributed by atoms with E-state index in [9.17, 15) is 4.79 Å². The highest BCUT2D eigenvalue weighted by atomic mass is 32.1. The van der Waals surface area contributed by atoms with E-state index in [1.807, 2.05) is 41.4 Å². The number of aromatic nitrogens is 2. The molecule has 0 fully saturated rings. The van der Waals surface area contributed by atoms with Crippen LogP contribution in [-0.4, -0.2) is 29.7 Å². The first kappa shape index (κ1) is 19.5. The average Bonchev–Trinajstić information content (AvgIpc) is 3.37. The number of carbonyl (C=O) groups excluding carboxylic acids is 1. The second kappa shape index (κ2) is 8.29. The van der Waals surface area contributed by atoms with Gasteiger partial charge in [-0.25, -0.2) is 4.98 Å². The monoisotopic (exact) mass is 411 g/mol. The fraction of sp³-hybridized carbons (Fsp3) is 0.364. The van der Waals surface area contributed by atoms with E-state index in [4.69, 9.17) is 9.47 Å². The predicted octanol–water partition coefficient (Wildman–Crippen LogP) is 3.90. The zero-order valence-corrected chi connectivity index (χ0v) is 17.7. The van der Waals surface area contributed by atoms with E-state index in [-0.39, 0.29) is 5.91 Å². The van der Waals surface area contributed by atoms with Crippen molar-refractivity contribution in [2.75, 3.05) is 14.2 Å². The molecule has 1 unspecified atom stereocenters. The lowest BCUT2D eigenvalue weighted by Gasteiger charge is -2.21. The molecule has 1 aliphatic rings. The van der Waals surface area contributed by atoms with E-state index in [0.29, 0.717) is 11.5 Å². The number of benzene rings is 1. The summed E-state index contributed by atoms with van der Waals surface area (Å²) in [4.78, 5) is 19.1. The fourth-order valence-electron chi connectivity index (χ4n) is 3.84. The first-order valence-corrected chi connectivity index (χ1v) is 10.6. The van der Waals surface area contributed by atoms with Crippen molar-refractivity contribution in [3.63, 3.8) is 0 Å². The molecule has 0 saturated carbocycles. The van der Waals surface area contributed by atoms with Crippen LogP contribution in [0.5, 0.6) is 11.5 Å². The molecule has 0 radical (unpaired) electrons. The molecule has 152 valence electrons. The van der Waals surface area contributed by atoms with Gasteiger partial charge in [-0.15, -0.1) is 11.3 Å². The Morgan fingerprint density at radius 1 is 1.17 bits per heavy atom. The third kappa shape index (κ3) is 3.87. The van der Waals surface area contributed by atoms with E-state index in [2.05, 4.69) is 10.3 Å². The minimum Gasteiger partial charge on any atom is -0.497 e. The molecule has 0 aliphatic heterocycles. The lowest BCUT2D eigenvalue weighted by molar-refractivity contribution is 0.0940. The number of hydrogen-bond donors (Lipinski definition) is 1. The molecule has 0 saturated heterocycles. The van der Waals surface area contributed by atoms with Crippen LogP contribution in [0.3, 0.4) is 0 Å². The molecule has 1 aliphatic carbocycles. The van der Waals surface area contributed by atoms with Crippen LogP contribution >= 0.6 is 11.3 Å². The van der Waals surface area contributed by atoms with Crippen LogP contribution in [0.15, 0.2) is 36.0 Å². The Morgan fingerprint density at radius 2 is 1.90 bits per heavy atom. The maximum atomic E-state index is 13.3. The summed E-state index contributed by atoms with van der Waals surface area (Å²) in [6.45, 7) is 0. The Kier molecular flexibility index (Phi) is 5.58. The maximum Gasteiger partial charge on any atom is 0.253 e. The van der Waals surface area contributed by atoms with Crippen molar-refractivity contribution in [1.29, 1.82) is 0 Å². The van der Waals surface area contributed by atoms with Crippen LogP contribution in [0.1, 0.15) is 51.1 Å². The van der Waals surface area contributed by atoms with E-state index in [1.165, 1.54) is 16.9 Å². The summed E-state index contributed by atoms with van der Waals surface area (Å²) in [7, 11) is 5.15. The van der Waals surface area contributed by atoms with Gasteiger partial charge in [0, 0.05) is 35.8 Å². The van der Waals surface area contributed by atoms with Crippen molar-refractivity contribution in [2.24, 2.45) is 7.05 Å². The Bertz CT molecular complexity index is 1000. The number of thiophene rings is 1. The molecule has 0 spiro atoms. The van der Waals surface area contributed by atoms with Gasteiger partial charge in [0.05, 0.1) is 19.8 Å². The molecule has 2 heterocycles. The summed E-state index contributed by atoms with van der Waals surface area (Å²) < 4.78 is 12.8. The highest BCUT2D eigenvalue weighted by Crippen LogP contribution is 2.32. The fourth-order valence-corrected chi connectivity index (χ4v) is 4.97. The van der Waals surface area contributed by atoms with E-state index in [1.54, 1.807) is 31.8 Å². The summed E-state index contributed by atoms with van der Waals surface area (Å²) in [5, 5.41) is 5.20. The predicted molar refractivity (Wildman–Crippen MR) is 113 cm³/mol. The number of nitrogens with zero attached hydrogens (tertiary/aromatic N) is 2. The highest BCUT2D eigenvalue weighted by Gasteiger charge is 2.26. The quantitative estimate of drug-likeness (QED) is 0.668. The van der Waals surface area contributed by atoms with Gasteiger partial charge in [-0.1, -0.05) is 0 Å². The van der Waals surface area contributed by atoms with Crippen LogP contribution in [0.2, 0.25) is 0 Å². The first-order valence-electron chi connectivity index (χ1n) is 9.71. The minimum absolute atomic E-state index is 0.0702. The smallest absolute Gasteiger partial charge is 0.253 e. The van der Waals surface area contributed by atoms with Crippen molar-refractivity contribution < 1.29 is 14.3 Å². The summed E-state index contributed by atoms with van der Waals surface area (Å²) >= 11 is 1.69. The Morgan fingerprint density at radius 3 is 2.55 bits per heavy atom. The standard InChI is InChI=1S/C22H25N3O3S/c1-25-9-8-23-21(25)20(14-10-15(27-2)12-16(11-14)28-3)24-22(26)18-13-29-19-7-5-4-6-17(18)19/h8-13,20H,4-7H2,1-3H3,(H,24,26). The normalized spacial score (nSPS) is 14.2. The first-order chi connectivity index (χ1) is 14.1. The SMILES string of the molecule is COc1cc(OC)cc(C(NC(=O)c2csc3c2CCCC3)c2nccn2C)c1. The van der Waals surface area contributed by atoms with E-state index in [0.717, 1.165) is 36.2 Å². The van der Waals surface area contributed by atoms with E-state index >= 15 is 0 Å². The average molecular weight is 412 g/mol. The third-order valence-corrected chi connectivity index (χ3v) is 6.49. The van der Waals surface area contributed by atoms with Gasteiger partial charge in [0.2, 0.25) is 0 Å². The van der Waals surface area contributed by atoms with Crippen molar-refractivity contribution in [3.8, 4) is 11.5 Å². The van der Waals surface area contributed by atoms with Gasteiger partial charge in [0.15, 0.2) is 0 Å². The molecule has 1 N–H and O–H groups in total. The molecule has 4 rings (SSSR count). The van der Waals surface area contributed by atoms with Crippen molar-refractivity contribution >= 4 is 17.2 Å². The number of hydrogen-bond acceptors (Lipinski definition) is 5. The van der Waals surface area contributed by atoms with E-state index < -0.39 is 6.04 Å². The molecular formula is C22H25N3O3S. The van der Waals surface area contributed by atoms with Gasteiger partial charge >= 0.3 is 0 Å². The Labute approximate surface area is 174 Å². The number of fused-ring (bicyclic) bond motifs is 1. The zero-order valence-electron chi connectivity index (χ0n) is 16.9. The van der Waals surface area contributed by atoms with Crippen LogP contribution in [0, 0.1) is 0 Å². The number of carbonyl (C=O) groups is 1. The van der Waals surface area contributed by atoms with Gasteiger partial charge in [0.1, 0.15) is 23.4 Å². The summed E-state index contributed by atoms with van der Waals surface area (Å²) in [6, 6.07) is 5.21.